The maximum absolute atomic E-state index is 12.1. The summed E-state index contributed by atoms with van der Waals surface area (Å²) in [5, 5.41) is 10.3. The van der Waals surface area contributed by atoms with Crippen LogP contribution in [0.15, 0.2) is 48.7 Å². The number of halogens is 2. The second kappa shape index (κ2) is 5.80. The van der Waals surface area contributed by atoms with E-state index in [-0.39, 0.29) is 0 Å². The van der Waals surface area contributed by atoms with E-state index in [1.165, 1.54) is 0 Å². The van der Waals surface area contributed by atoms with E-state index in [0.717, 1.165) is 24.3 Å². The molecule has 0 spiro atoms. The van der Waals surface area contributed by atoms with Gasteiger partial charge in [-0.15, -0.1) is 0 Å². The molecule has 0 aromatic carbocycles. The first-order chi connectivity index (χ1) is 6.52. The van der Waals surface area contributed by atoms with E-state index in [9.17, 15) is 18.9 Å². The number of hydrogen-bond donors (Lipinski definition) is 0. The summed E-state index contributed by atoms with van der Waals surface area (Å²) in [6, 6.07) is 0. The smallest absolute Gasteiger partial charge is 0.258 e. The van der Waals surface area contributed by atoms with Crippen LogP contribution in [0.3, 0.4) is 0 Å². The Bertz CT molecular complexity index is 306. The third-order valence-electron chi connectivity index (χ3n) is 1.30. The standard InChI is InChI=1S/C9H9F2NO2/c1-3-5-8(12(13)14)6-7(4-2)9(10)11/h3-6,9H,1-2H2/b7-6+,8-5+. The Morgan fingerprint density at radius 2 is 2.00 bits per heavy atom. The monoisotopic (exact) mass is 201 g/mol. The van der Waals surface area contributed by atoms with Crippen molar-refractivity contribution in [1.82, 2.24) is 0 Å². The highest BCUT2D eigenvalue weighted by Gasteiger charge is 2.12. The minimum absolute atomic E-state index is 0.449. The molecular formula is C9H9F2NO2. The molecule has 0 heterocycles. The molecule has 0 N–H and O–H groups in total. The Kier molecular flexibility index (Phi) is 5.06. The van der Waals surface area contributed by atoms with Crippen molar-refractivity contribution < 1.29 is 13.7 Å². The molecule has 5 heteroatoms. The van der Waals surface area contributed by atoms with Crippen molar-refractivity contribution in [2.45, 2.75) is 6.43 Å². The summed E-state index contributed by atoms with van der Waals surface area (Å²) in [7, 11) is 0. The maximum Gasteiger partial charge on any atom is 0.269 e. The Hall–Kier alpha value is -1.78. The maximum atomic E-state index is 12.1. The average Bonchev–Trinajstić information content (AvgIpc) is 2.11. The van der Waals surface area contributed by atoms with Crippen LogP contribution in [0.4, 0.5) is 8.78 Å². The summed E-state index contributed by atoms with van der Waals surface area (Å²) < 4.78 is 24.3. The average molecular weight is 201 g/mol. The molecule has 0 bridgehead atoms. The predicted molar refractivity (Wildman–Crippen MR) is 49.6 cm³/mol. The first-order valence-corrected chi connectivity index (χ1v) is 3.62. The van der Waals surface area contributed by atoms with Gasteiger partial charge in [0.25, 0.3) is 12.1 Å². The molecule has 0 unspecified atom stereocenters. The lowest BCUT2D eigenvalue weighted by Crippen LogP contribution is -2.00. The lowest BCUT2D eigenvalue weighted by molar-refractivity contribution is -0.419. The fourth-order valence-corrected chi connectivity index (χ4v) is 0.664. The molecule has 0 aromatic rings. The quantitative estimate of drug-likeness (QED) is 0.390. The molecule has 0 aliphatic carbocycles. The molecule has 0 fully saturated rings. The fourth-order valence-electron chi connectivity index (χ4n) is 0.664. The van der Waals surface area contributed by atoms with Crippen LogP contribution in [0.2, 0.25) is 0 Å². The first kappa shape index (κ1) is 12.2. The normalized spacial score (nSPS) is 12.8. The topological polar surface area (TPSA) is 43.1 Å². The van der Waals surface area contributed by atoms with Gasteiger partial charge < -0.3 is 0 Å². The summed E-state index contributed by atoms with van der Waals surface area (Å²) in [6.45, 7) is 6.37. The summed E-state index contributed by atoms with van der Waals surface area (Å²) in [6.07, 6.45) is 1.05. The summed E-state index contributed by atoms with van der Waals surface area (Å²) >= 11 is 0. The van der Waals surface area contributed by atoms with Crippen LogP contribution in [0.5, 0.6) is 0 Å². The zero-order valence-electron chi connectivity index (χ0n) is 7.32. The number of hydrogen-bond acceptors (Lipinski definition) is 2. The van der Waals surface area contributed by atoms with Crippen molar-refractivity contribution in [3.8, 4) is 0 Å². The van der Waals surface area contributed by atoms with Crippen LogP contribution in [0, 0.1) is 10.1 Å². The Morgan fingerprint density at radius 1 is 1.43 bits per heavy atom. The third-order valence-corrected chi connectivity index (χ3v) is 1.30. The lowest BCUT2D eigenvalue weighted by atomic mass is 10.2. The van der Waals surface area contributed by atoms with Gasteiger partial charge in [-0.1, -0.05) is 25.3 Å². The summed E-state index contributed by atoms with van der Waals surface area (Å²) in [4.78, 5) is 9.56. The molecule has 0 atom stereocenters. The summed E-state index contributed by atoms with van der Waals surface area (Å²) in [5.41, 5.74) is -0.940. The van der Waals surface area contributed by atoms with Gasteiger partial charge in [0.15, 0.2) is 0 Å². The van der Waals surface area contributed by atoms with Gasteiger partial charge in [-0.05, 0) is 0 Å². The molecule has 0 radical (unpaired) electrons. The van der Waals surface area contributed by atoms with E-state index in [1.807, 2.05) is 0 Å². The molecule has 76 valence electrons. The van der Waals surface area contributed by atoms with E-state index < -0.39 is 22.6 Å². The van der Waals surface area contributed by atoms with E-state index in [2.05, 4.69) is 13.2 Å². The van der Waals surface area contributed by atoms with E-state index >= 15 is 0 Å². The van der Waals surface area contributed by atoms with Crippen LogP contribution in [-0.4, -0.2) is 11.3 Å². The minimum atomic E-state index is -2.78. The molecular weight excluding hydrogens is 192 g/mol. The number of alkyl halides is 2. The zero-order valence-corrected chi connectivity index (χ0v) is 7.32. The van der Waals surface area contributed by atoms with Crippen LogP contribution in [-0.2, 0) is 0 Å². The third kappa shape index (κ3) is 3.75. The molecule has 0 aliphatic rings. The second-order valence-electron chi connectivity index (χ2n) is 2.23. The molecule has 14 heavy (non-hydrogen) atoms. The van der Waals surface area contributed by atoms with Crippen molar-refractivity contribution in [1.29, 1.82) is 0 Å². The van der Waals surface area contributed by atoms with Gasteiger partial charge in [-0.2, -0.15) is 0 Å². The van der Waals surface area contributed by atoms with Gasteiger partial charge in [-0.25, -0.2) is 8.78 Å². The highest BCUT2D eigenvalue weighted by atomic mass is 19.3. The van der Waals surface area contributed by atoms with Crippen molar-refractivity contribution in [3.63, 3.8) is 0 Å². The van der Waals surface area contributed by atoms with Crippen LogP contribution in [0.1, 0.15) is 0 Å². The zero-order chi connectivity index (χ0) is 11.1. The number of nitro groups is 1. The number of rotatable bonds is 5. The van der Waals surface area contributed by atoms with E-state index in [4.69, 9.17) is 0 Å². The SMILES string of the molecule is C=C/C=C(\C=C(/C=C)C(F)F)[N+](=O)[O-]. The number of allylic oxidation sites excluding steroid dienone is 5. The molecule has 0 aliphatic heterocycles. The largest absolute Gasteiger partial charge is 0.269 e. The van der Waals surface area contributed by atoms with Crippen LogP contribution in [0.25, 0.3) is 0 Å². The molecule has 0 saturated heterocycles. The van der Waals surface area contributed by atoms with Gasteiger partial charge >= 0.3 is 0 Å². The van der Waals surface area contributed by atoms with Gasteiger partial charge in [-0.3, -0.25) is 10.1 Å². The minimum Gasteiger partial charge on any atom is -0.258 e. The predicted octanol–water partition coefficient (Wildman–Crippen LogP) is 2.71. The van der Waals surface area contributed by atoms with E-state index in [0.29, 0.717) is 0 Å². The molecule has 0 aromatic heterocycles. The molecule has 0 saturated carbocycles. The highest BCUT2D eigenvalue weighted by molar-refractivity contribution is 5.28. The van der Waals surface area contributed by atoms with Crippen LogP contribution < -0.4 is 0 Å². The molecule has 3 nitrogen and oxygen atoms in total. The Morgan fingerprint density at radius 3 is 2.29 bits per heavy atom. The fraction of sp³-hybridized carbons (Fsp3) is 0.111. The van der Waals surface area contributed by atoms with E-state index in [1.54, 1.807) is 0 Å². The Balaban J connectivity index is 5.05. The summed E-state index contributed by atoms with van der Waals surface area (Å²) in [5.74, 6) is 0. The van der Waals surface area contributed by atoms with Crippen molar-refractivity contribution in [2.75, 3.05) is 0 Å². The van der Waals surface area contributed by atoms with Gasteiger partial charge in [0.1, 0.15) is 0 Å². The lowest BCUT2D eigenvalue weighted by Gasteiger charge is -1.97. The van der Waals surface area contributed by atoms with Gasteiger partial charge in [0.2, 0.25) is 0 Å². The molecule has 0 rings (SSSR count). The second-order valence-corrected chi connectivity index (χ2v) is 2.23. The Labute approximate surface area is 79.9 Å². The van der Waals surface area contributed by atoms with Crippen molar-refractivity contribution in [2.24, 2.45) is 0 Å². The molecule has 0 amide bonds. The number of nitrogens with zero attached hydrogens (tertiary/aromatic N) is 1. The van der Waals surface area contributed by atoms with Crippen LogP contribution >= 0.6 is 0 Å². The van der Waals surface area contributed by atoms with Gasteiger partial charge in [0.05, 0.1) is 4.92 Å². The first-order valence-electron chi connectivity index (χ1n) is 3.62. The van der Waals surface area contributed by atoms with Crippen molar-refractivity contribution in [3.05, 3.63) is 58.8 Å². The highest BCUT2D eigenvalue weighted by Crippen LogP contribution is 2.13. The van der Waals surface area contributed by atoms with Gasteiger partial charge in [0, 0.05) is 17.7 Å². The van der Waals surface area contributed by atoms with Crippen molar-refractivity contribution >= 4 is 0 Å².